The van der Waals surface area contributed by atoms with Gasteiger partial charge in [0.25, 0.3) is 0 Å². The van der Waals surface area contributed by atoms with E-state index in [0.717, 1.165) is 0 Å². The fraction of sp³-hybridized carbons (Fsp3) is 0.333. The number of alkyl halides is 3. The van der Waals surface area contributed by atoms with Gasteiger partial charge in [0, 0.05) is 10.3 Å². The minimum Gasteiger partial charge on any atom is -0.226 e. The molecule has 12 heavy (non-hydrogen) atoms. The standard InChI is InChI=1S/C6H4ClF3N2/c1-3-4(6(8,9)10)2-11-5(7)12-3/h2H,1H3/i1D3. The van der Waals surface area contributed by atoms with E-state index < -0.39 is 29.6 Å². The summed E-state index contributed by atoms with van der Waals surface area (Å²) in [7, 11) is 0. The van der Waals surface area contributed by atoms with Gasteiger partial charge in [-0.25, -0.2) is 9.97 Å². The van der Waals surface area contributed by atoms with Gasteiger partial charge in [0.2, 0.25) is 5.28 Å². The Morgan fingerprint density at radius 2 is 2.25 bits per heavy atom. The number of hydrogen-bond donors (Lipinski definition) is 0. The van der Waals surface area contributed by atoms with E-state index in [1.807, 2.05) is 0 Å². The summed E-state index contributed by atoms with van der Waals surface area (Å²) in [4.78, 5) is 6.19. The van der Waals surface area contributed by atoms with Crippen molar-refractivity contribution in [3.63, 3.8) is 0 Å². The number of nitrogens with zero attached hydrogens (tertiary/aromatic N) is 2. The van der Waals surface area contributed by atoms with Crippen LogP contribution in [0.4, 0.5) is 13.2 Å². The van der Waals surface area contributed by atoms with Crippen molar-refractivity contribution in [2.24, 2.45) is 0 Å². The third kappa shape index (κ3) is 1.85. The molecular weight excluding hydrogens is 193 g/mol. The molecule has 0 aliphatic heterocycles. The minimum atomic E-state index is -4.81. The van der Waals surface area contributed by atoms with Crippen molar-refractivity contribution in [3.05, 3.63) is 22.7 Å². The van der Waals surface area contributed by atoms with Crippen molar-refractivity contribution < 1.29 is 17.3 Å². The number of aromatic nitrogens is 2. The maximum Gasteiger partial charge on any atom is 0.419 e. The van der Waals surface area contributed by atoms with E-state index in [0.29, 0.717) is 6.20 Å². The molecule has 1 rings (SSSR count). The first-order chi connectivity index (χ1) is 6.62. The van der Waals surface area contributed by atoms with E-state index in [1.54, 1.807) is 0 Å². The summed E-state index contributed by atoms with van der Waals surface area (Å²) >= 11 is 5.23. The van der Waals surface area contributed by atoms with Gasteiger partial charge in [-0.1, -0.05) is 0 Å². The highest BCUT2D eigenvalue weighted by Gasteiger charge is 2.33. The van der Waals surface area contributed by atoms with Crippen molar-refractivity contribution >= 4 is 11.6 Å². The van der Waals surface area contributed by atoms with Crippen LogP contribution in [0.15, 0.2) is 6.20 Å². The van der Waals surface area contributed by atoms with Crippen molar-refractivity contribution in [2.75, 3.05) is 0 Å². The second-order valence-corrected chi connectivity index (χ2v) is 2.24. The third-order valence-electron chi connectivity index (χ3n) is 1.06. The van der Waals surface area contributed by atoms with Crippen LogP contribution in [-0.4, -0.2) is 9.97 Å². The summed E-state index contributed by atoms with van der Waals surface area (Å²) in [6, 6.07) is 0. The van der Waals surface area contributed by atoms with Crippen LogP contribution >= 0.6 is 11.6 Å². The Hall–Kier alpha value is -0.840. The van der Waals surface area contributed by atoms with Crippen LogP contribution in [0, 0.1) is 6.85 Å². The summed E-state index contributed by atoms with van der Waals surface area (Å²) in [6.45, 7) is -2.97. The lowest BCUT2D eigenvalue weighted by atomic mass is 10.2. The van der Waals surface area contributed by atoms with Gasteiger partial charge in [-0.3, -0.25) is 0 Å². The van der Waals surface area contributed by atoms with Gasteiger partial charge in [0.05, 0.1) is 11.3 Å². The lowest BCUT2D eigenvalue weighted by Gasteiger charge is -2.07. The van der Waals surface area contributed by atoms with Gasteiger partial charge in [0.1, 0.15) is 0 Å². The average molecular weight is 200 g/mol. The molecule has 0 unspecified atom stereocenters. The maximum absolute atomic E-state index is 12.3. The normalized spacial score (nSPS) is 16.5. The zero-order valence-electron chi connectivity index (χ0n) is 8.48. The largest absolute Gasteiger partial charge is 0.419 e. The van der Waals surface area contributed by atoms with Crippen LogP contribution in [0.2, 0.25) is 5.28 Å². The lowest BCUT2D eigenvalue weighted by molar-refractivity contribution is -0.138. The van der Waals surface area contributed by atoms with Crippen LogP contribution in [0.5, 0.6) is 0 Å². The van der Waals surface area contributed by atoms with Crippen LogP contribution < -0.4 is 0 Å². The van der Waals surface area contributed by atoms with E-state index in [4.69, 9.17) is 15.7 Å². The molecule has 66 valence electrons. The number of hydrogen-bond acceptors (Lipinski definition) is 2. The van der Waals surface area contributed by atoms with E-state index in [-0.39, 0.29) is 0 Å². The van der Waals surface area contributed by atoms with Crippen molar-refractivity contribution in [1.29, 1.82) is 0 Å². The molecule has 1 heterocycles. The first-order valence-electron chi connectivity index (χ1n) is 4.22. The Morgan fingerprint density at radius 3 is 2.75 bits per heavy atom. The summed E-state index contributed by atoms with van der Waals surface area (Å²) in [6.07, 6.45) is -4.45. The second kappa shape index (κ2) is 2.90. The summed E-state index contributed by atoms with van der Waals surface area (Å²) < 4.78 is 57.6. The average Bonchev–Trinajstić information content (AvgIpc) is 2.00. The van der Waals surface area contributed by atoms with Crippen LogP contribution in [0.1, 0.15) is 15.4 Å². The maximum atomic E-state index is 12.3. The third-order valence-corrected chi connectivity index (χ3v) is 1.25. The van der Waals surface area contributed by atoms with Gasteiger partial charge in [-0.05, 0) is 18.5 Å². The minimum absolute atomic E-state index is 0.358. The van der Waals surface area contributed by atoms with Gasteiger partial charge < -0.3 is 0 Å². The lowest BCUT2D eigenvalue weighted by Crippen LogP contribution is -2.09. The quantitative estimate of drug-likeness (QED) is 0.600. The molecule has 0 saturated heterocycles. The van der Waals surface area contributed by atoms with Crippen LogP contribution in [0.3, 0.4) is 0 Å². The Kier molecular flexibility index (Phi) is 1.39. The molecule has 0 spiro atoms. The highest BCUT2D eigenvalue weighted by molar-refractivity contribution is 6.28. The molecule has 0 aromatic carbocycles. The topological polar surface area (TPSA) is 25.8 Å². The Balaban J connectivity index is 3.41. The molecule has 2 nitrogen and oxygen atoms in total. The molecule has 0 radical (unpaired) electrons. The highest BCUT2D eigenvalue weighted by Crippen LogP contribution is 2.30. The molecule has 0 amide bonds. The van der Waals surface area contributed by atoms with Gasteiger partial charge in [-0.2, -0.15) is 13.2 Å². The number of aryl methyl sites for hydroxylation is 1. The van der Waals surface area contributed by atoms with E-state index in [9.17, 15) is 13.2 Å². The molecule has 6 heteroatoms. The van der Waals surface area contributed by atoms with Crippen LogP contribution in [0.25, 0.3) is 0 Å². The SMILES string of the molecule is [2H]C([2H])([2H])c1nc(Cl)ncc1C(F)(F)F. The molecule has 0 aliphatic rings. The zero-order chi connectivity index (χ0) is 11.9. The van der Waals surface area contributed by atoms with E-state index in [2.05, 4.69) is 9.97 Å². The molecule has 0 N–H and O–H groups in total. The molecule has 0 atom stereocenters. The number of halogens is 4. The van der Waals surface area contributed by atoms with Crippen molar-refractivity contribution in [1.82, 2.24) is 9.97 Å². The van der Waals surface area contributed by atoms with E-state index >= 15 is 0 Å². The smallest absolute Gasteiger partial charge is 0.226 e. The van der Waals surface area contributed by atoms with Crippen molar-refractivity contribution in [3.8, 4) is 0 Å². The Morgan fingerprint density at radius 1 is 1.58 bits per heavy atom. The fourth-order valence-electron chi connectivity index (χ4n) is 0.568. The molecule has 0 fully saturated rings. The molecule has 1 aromatic heterocycles. The zero-order valence-corrected chi connectivity index (χ0v) is 6.24. The first kappa shape index (κ1) is 5.75. The van der Waals surface area contributed by atoms with Crippen molar-refractivity contribution in [2.45, 2.75) is 13.0 Å². The fourth-order valence-corrected chi connectivity index (χ4v) is 0.701. The van der Waals surface area contributed by atoms with Gasteiger partial charge in [0.15, 0.2) is 0 Å². The Bertz CT molecular complexity index is 377. The summed E-state index contributed by atoms with van der Waals surface area (Å²) in [5.74, 6) is 0. The molecular formula is C6H4ClF3N2. The Labute approximate surface area is 75.6 Å². The predicted octanol–water partition coefficient (Wildman–Crippen LogP) is 2.46. The van der Waals surface area contributed by atoms with Crippen LogP contribution in [-0.2, 0) is 6.18 Å². The molecule has 1 aromatic rings. The highest BCUT2D eigenvalue weighted by atomic mass is 35.5. The summed E-state index contributed by atoms with van der Waals surface area (Å²) in [5.41, 5.74) is -2.48. The monoisotopic (exact) mass is 199 g/mol. The molecule has 0 aliphatic carbocycles. The molecule has 0 saturated carbocycles. The van der Waals surface area contributed by atoms with E-state index in [1.165, 1.54) is 0 Å². The van der Waals surface area contributed by atoms with Gasteiger partial charge in [-0.15, -0.1) is 0 Å². The van der Waals surface area contributed by atoms with Gasteiger partial charge >= 0.3 is 6.18 Å². The predicted molar refractivity (Wildman–Crippen MR) is 36.8 cm³/mol. The first-order valence-corrected chi connectivity index (χ1v) is 3.10. The number of rotatable bonds is 0. The summed E-state index contributed by atoms with van der Waals surface area (Å²) in [5, 5.41) is -0.533. The second-order valence-electron chi connectivity index (χ2n) is 1.90. The molecule has 0 bridgehead atoms.